The molecule has 0 atom stereocenters. The van der Waals surface area contributed by atoms with Crippen LogP contribution in [0.2, 0.25) is 0 Å². The third kappa shape index (κ3) is 2.62. The SMILES string of the molecule is Cc1cc(=O)oc2cc(NC=C(C#N)C#N)ccc12. The highest BCUT2D eigenvalue weighted by molar-refractivity contribution is 5.83. The van der Waals surface area contributed by atoms with Gasteiger partial charge >= 0.3 is 5.63 Å². The maximum absolute atomic E-state index is 11.3. The summed E-state index contributed by atoms with van der Waals surface area (Å²) in [4.78, 5) is 11.3. The standard InChI is InChI=1S/C14H9N3O2/c1-9-4-14(18)19-13-5-11(2-3-12(9)13)17-8-10(6-15)7-16/h2-5,8,17H,1H3. The van der Waals surface area contributed by atoms with E-state index in [1.807, 2.05) is 13.0 Å². The lowest BCUT2D eigenvalue weighted by Gasteiger charge is -2.04. The highest BCUT2D eigenvalue weighted by Crippen LogP contribution is 2.20. The monoisotopic (exact) mass is 251 g/mol. The zero-order chi connectivity index (χ0) is 13.8. The number of anilines is 1. The first-order valence-electron chi connectivity index (χ1n) is 5.45. The van der Waals surface area contributed by atoms with E-state index >= 15 is 0 Å². The summed E-state index contributed by atoms with van der Waals surface area (Å²) in [7, 11) is 0. The van der Waals surface area contributed by atoms with E-state index in [1.54, 1.807) is 24.3 Å². The number of nitrogens with zero attached hydrogens (tertiary/aromatic N) is 2. The van der Waals surface area contributed by atoms with Gasteiger partial charge in [-0.2, -0.15) is 10.5 Å². The van der Waals surface area contributed by atoms with Crippen molar-refractivity contribution in [2.75, 3.05) is 5.32 Å². The lowest BCUT2D eigenvalue weighted by atomic mass is 10.1. The van der Waals surface area contributed by atoms with Crippen LogP contribution in [0, 0.1) is 29.6 Å². The first-order chi connectivity index (χ1) is 9.13. The maximum Gasteiger partial charge on any atom is 0.336 e. The largest absolute Gasteiger partial charge is 0.423 e. The molecule has 5 heteroatoms. The fourth-order valence-corrected chi connectivity index (χ4v) is 1.66. The Labute approximate surface area is 109 Å². The van der Waals surface area contributed by atoms with Gasteiger partial charge in [-0.25, -0.2) is 4.79 Å². The number of allylic oxidation sites excluding steroid dienone is 1. The minimum absolute atomic E-state index is 0.0363. The summed E-state index contributed by atoms with van der Waals surface area (Å²) in [6.07, 6.45) is 1.30. The van der Waals surface area contributed by atoms with Crippen molar-refractivity contribution in [1.82, 2.24) is 0 Å². The van der Waals surface area contributed by atoms with Crippen molar-refractivity contribution in [3.8, 4) is 12.1 Å². The smallest absolute Gasteiger partial charge is 0.336 e. The van der Waals surface area contributed by atoms with E-state index in [9.17, 15) is 4.79 Å². The summed E-state index contributed by atoms with van der Waals surface area (Å²) in [5.74, 6) is 0. The molecule has 0 aliphatic carbocycles. The molecule has 5 nitrogen and oxygen atoms in total. The van der Waals surface area contributed by atoms with Gasteiger partial charge in [-0.15, -0.1) is 0 Å². The molecule has 1 aromatic carbocycles. The lowest BCUT2D eigenvalue weighted by Crippen LogP contribution is -1.98. The van der Waals surface area contributed by atoms with Gasteiger partial charge in [-0.05, 0) is 24.6 Å². The van der Waals surface area contributed by atoms with Gasteiger partial charge in [0.15, 0.2) is 0 Å². The van der Waals surface area contributed by atoms with E-state index in [0.717, 1.165) is 10.9 Å². The number of nitriles is 2. The number of hydrogen-bond donors (Lipinski definition) is 1. The van der Waals surface area contributed by atoms with Crippen LogP contribution in [0.1, 0.15) is 5.56 Å². The van der Waals surface area contributed by atoms with Crippen LogP contribution >= 0.6 is 0 Å². The van der Waals surface area contributed by atoms with Crippen LogP contribution in [-0.4, -0.2) is 0 Å². The molecule has 0 radical (unpaired) electrons. The summed E-state index contributed by atoms with van der Waals surface area (Å²) in [5, 5.41) is 20.9. The Hall–Kier alpha value is -3.05. The predicted octanol–water partition coefficient (Wildman–Crippen LogP) is 2.44. The maximum atomic E-state index is 11.3. The van der Waals surface area contributed by atoms with Crippen LogP contribution in [0.4, 0.5) is 5.69 Å². The Balaban J connectivity index is 2.44. The molecule has 0 saturated carbocycles. The molecule has 1 N–H and O–H groups in total. The molecule has 0 aliphatic rings. The Morgan fingerprint density at radius 2 is 2.05 bits per heavy atom. The third-order valence-electron chi connectivity index (χ3n) is 2.58. The summed E-state index contributed by atoms with van der Waals surface area (Å²) >= 11 is 0. The fourth-order valence-electron chi connectivity index (χ4n) is 1.66. The van der Waals surface area contributed by atoms with Crippen molar-refractivity contribution in [3.63, 3.8) is 0 Å². The second-order valence-corrected chi connectivity index (χ2v) is 3.89. The van der Waals surface area contributed by atoms with Crippen LogP contribution in [0.25, 0.3) is 11.0 Å². The molecule has 92 valence electrons. The van der Waals surface area contributed by atoms with Crippen LogP contribution in [0.15, 0.2) is 45.3 Å². The highest BCUT2D eigenvalue weighted by Gasteiger charge is 2.03. The van der Waals surface area contributed by atoms with Gasteiger partial charge in [0.2, 0.25) is 0 Å². The molecule has 0 amide bonds. The normalized spacial score (nSPS) is 9.42. The van der Waals surface area contributed by atoms with Crippen molar-refractivity contribution in [2.45, 2.75) is 6.92 Å². The molecule has 2 aromatic rings. The average molecular weight is 251 g/mol. The van der Waals surface area contributed by atoms with Crippen LogP contribution in [0.5, 0.6) is 0 Å². The molecular weight excluding hydrogens is 242 g/mol. The molecule has 2 rings (SSSR count). The summed E-state index contributed by atoms with van der Waals surface area (Å²) in [6.45, 7) is 1.83. The van der Waals surface area contributed by atoms with Crippen molar-refractivity contribution in [3.05, 3.63) is 52.0 Å². The average Bonchev–Trinajstić information content (AvgIpc) is 2.39. The van der Waals surface area contributed by atoms with Gasteiger partial charge in [-0.3, -0.25) is 0 Å². The lowest BCUT2D eigenvalue weighted by molar-refractivity contribution is 0.560. The number of rotatable bonds is 2. The van der Waals surface area contributed by atoms with Gasteiger partial charge < -0.3 is 9.73 Å². The van der Waals surface area contributed by atoms with Crippen molar-refractivity contribution in [1.29, 1.82) is 10.5 Å². The van der Waals surface area contributed by atoms with Crippen LogP contribution in [-0.2, 0) is 0 Å². The minimum atomic E-state index is -0.410. The minimum Gasteiger partial charge on any atom is -0.423 e. The van der Waals surface area contributed by atoms with E-state index in [-0.39, 0.29) is 5.57 Å². The topological polar surface area (TPSA) is 89.8 Å². The molecular formula is C14H9N3O2. The van der Waals surface area contributed by atoms with Crippen molar-refractivity contribution in [2.24, 2.45) is 0 Å². The van der Waals surface area contributed by atoms with Gasteiger partial charge in [-0.1, -0.05) is 0 Å². The second-order valence-electron chi connectivity index (χ2n) is 3.89. The van der Waals surface area contributed by atoms with Crippen LogP contribution < -0.4 is 10.9 Å². The third-order valence-corrected chi connectivity index (χ3v) is 2.58. The summed E-state index contributed by atoms with van der Waals surface area (Å²) in [5.41, 5.74) is 1.48. The van der Waals surface area contributed by atoms with Gasteiger partial charge in [0, 0.05) is 29.4 Å². The fraction of sp³-hybridized carbons (Fsp3) is 0.0714. The zero-order valence-corrected chi connectivity index (χ0v) is 10.1. The number of fused-ring (bicyclic) bond motifs is 1. The predicted molar refractivity (Wildman–Crippen MR) is 70.2 cm³/mol. The number of benzene rings is 1. The van der Waals surface area contributed by atoms with Crippen molar-refractivity contribution >= 4 is 16.7 Å². The van der Waals surface area contributed by atoms with Crippen LogP contribution in [0.3, 0.4) is 0 Å². The number of hydrogen-bond acceptors (Lipinski definition) is 5. The highest BCUT2D eigenvalue weighted by atomic mass is 16.4. The molecule has 0 saturated heterocycles. The van der Waals surface area contributed by atoms with E-state index in [1.165, 1.54) is 12.3 Å². The Kier molecular flexibility index (Phi) is 3.31. The molecule has 19 heavy (non-hydrogen) atoms. The molecule has 1 aromatic heterocycles. The molecule has 0 aliphatic heterocycles. The van der Waals surface area contributed by atoms with Gasteiger partial charge in [0.25, 0.3) is 0 Å². The Morgan fingerprint density at radius 3 is 2.74 bits per heavy atom. The zero-order valence-electron chi connectivity index (χ0n) is 10.1. The Bertz CT molecular complexity index is 788. The van der Waals surface area contributed by atoms with Gasteiger partial charge in [0.05, 0.1) is 0 Å². The number of nitrogens with one attached hydrogen (secondary N) is 1. The van der Waals surface area contributed by atoms with E-state index in [4.69, 9.17) is 14.9 Å². The van der Waals surface area contributed by atoms with Gasteiger partial charge in [0.1, 0.15) is 23.3 Å². The number of aryl methyl sites for hydroxylation is 1. The molecule has 0 bridgehead atoms. The molecule has 0 unspecified atom stereocenters. The first-order valence-corrected chi connectivity index (χ1v) is 5.45. The molecule has 1 heterocycles. The first kappa shape index (κ1) is 12.4. The van der Waals surface area contributed by atoms with E-state index in [0.29, 0.717) is 11.3 Å². The summed E-state index contributed by atoms with van der Waals surface area (Å²) < 4.78 is 5.10. The Morgan fingerprint density at radius 1 is 1.32 bits per heavy atom. The summed E-state index contributed by atoms with van der Waals surface area (Å²) in [6, 6.07) is 10.1. The molecule has 0 fully saturated rings. The van der Waals surface area contributed by atoms with E-state index in [2.05, 4.69) is 5.32 Å². The second kappa shape index (κ2) is 5.07. The van der Waals surface area contributed by atoms with E-state index < -0.39 is 5.63 Å². The molecule has 0 spiro atoms. The quantitative estimate of drug-likeness (QED) is 0.654. The van der Waals surface area contributed by atoms with Crippen molar-refractivity contribution < 1.29 is 4.42 Å².